The van der Waals surface area contributed by atoms with Crippen molar-refractivity contribution < 1.29 is 18.0 Å². The van der Waals surface area contributed by atoms with E-state index in [1.165, 1.54) is 6.42 Å². The molecule has 1 aliphatic carbocycles. The Labute approximate surface area is 177 Å². The fourth-order valence-corrected chi connectivity index (χ4v) is 6.32. The van der Waals surface area contributed by atoms with E-state index in [1.807, 2.05) is 0 Å². The van der Waals surface area contributed by atoms with Crippen LogP contribution in [0, 0.1) is 0 Å². The van der Waals surface area contributed by atoms with E-state index >= 15 is 0 Å². The fourth-order valence-electron chi connectivity index (χ4n) is 4.77. The molecule has 2 aliphatic heterocycles. The van der Waals surface area contributed by atoms with Crippen LogP contribution < -0.4 is 15.4 Å². The average Bonchev–Trinajstić information content (AvgIpc) is 2.87. The normalized spacial score (nSPS) is 27.6. The molecule has 1 aromatic rings. The summed E-state index contributed by atoms with van der Waals surface area (Å²) in [6, 6.07) is 6.37. The lowest BCUT2D eigenvalue weighted by Crippen LogP contribution is -2.57. The van der Waals surface area contributed by atoms with E-state index < -0.39 is 21.7 Å². The fraction of sp³-hybridized carbons (Fsp3) is 0.619. The number of hydrogen-bond acceptors (Lipinski definition) is 5. The highest BCUT2D eigenvalue weighted by molar-refractivity contribution is 7.89. The molecule has 2 unspecified atom stereocenters. The second-order valence-corrected chi connectivity index (χ2v) is 10.3. The van der Waals surface area contributed by atoms with Crippen LogP contribution in [-0.2, 0) is 19.6 Å². The number of carbonyl (C=O) groups excluding carboxylic acids is 2. The first-order chi connectivity index (χ1) is 14.3. The predicted octanol–water partition coefficient (Wildman–Crippen LogP) is 1.94. The van der Waals surface area contributed by atoms with E-state index in [2.05, 4.69) is 15.4 Å². The number of anilines is 1. The summed E-state index contributed by atoms with van der Waals surface area (Å²) in [5.74, 6) is -0.258. The number of nitrogens with zero attached hydrogens (tertiary/aromatic N) is 1. The molecule has 164 valence electrons. The van der Waals surface area contributed by atoms with Gasteiger partial charge in [0.1, 0.15) is 16.6 Å². The molecule has 9 heteroatoms. The lowest BCUT2D eigenvalue weighted by molar-refractivity contribution is -0.139. The molecule has 0 aromatic heterocycles. The van der Waals surface area contributed by atoms with Crippen LogP contribution in [0.1, 0.15) is 58.3 Å². The second kappa shape index (κ2) is 8.19. The van der Waals surface area contributed by atoms with Gasteiger partial charge in [0.05, 0.1) is 5.69 Å². The van der Waals surface area contributed by atoms with Crippen molar-refractivity contribution in [3.63, 3.8) is 0 Å². The standard InChI is InChI=1S/C21H30N4O4S/c1-15(20(27)22-16-7-3-2-4-8-16)25-14-13-21(12-11-19(25)26)23-17-9-5-6-10-18(17)30(28,29)24-21/h5-6,9-10,15-16,23-24H,2-4,7-8,11-14H2,1H3,(H,22,27). The highest BCUT2D eigenvalue weighted by Crippen LogP contribution is 2.35. The van der Waals surface area contributed by atoms with Crippen molar-refractivity contribution in [1.82, 2.24) is 14.9 Å². The van der Waals surface area contributed by atoms with Gasteiger partial charge in [0.25, 0.3) is 0 Å². The lowest BCUT2D eigenvalue weighted by atomic mass is 9.95. The van der Waals surface area contributed by atoms with E-state index in [9.17, 15) is 18.0 Å². The molecular formula is C21H30N4O4S. The van der Waals surface area contributed by atoms with Crippen molar-refractivity contribution >= 4 is 27.5 Å². The molecule has 2 fully saturated rings. The highest BCUT2D eigenvalue weighted by atomic mass is 32.2. The zero-order chi connectivity index (χ0) is 21.4. The number of hydrogen-bond donors (Lipinski definition) is 3. The van der Waals surface area contributed by atoms with Gasteiger partial charge in [-0.05, 0) is 38.3 Å². The van der Waals surface area contributed by atoms with Crippen LogP contribution in [0.15, 0.2) is 29.2 Å². The molecule has 4 rings (SSSR count). The quantitative estimate of drug-likeness (QED) is 0.674. The summed E-state index contributed by atoms with van der Waals surface area (Å²) in [5, 5.41) is 6.41. The molecule has 2 amide bonds. The first kappa shape index (κ1) is 21.1. The number of likely N-dealkylation sites (tertiary alicyclic amines) is 1. The molecular weight excluding hydrogens is 404 g/mol. The van der Waals surface area contributed by atoms with Gasteiger partial charge >= 0.3 is 0 Å². The third-order valence-electron chi connectivity index (χ3n) is 6.54. The van der Waals surface area contributed by atoms with E-state index in [4.69, 9.17) is 0 Å². The molecule has 3 aliphatic rings. The largest absolute Gasteiger partial charge is 0.365 e. The van der Waals surface area contributed by atoms with Gasteiger partial charge < -0.3 is 15.5 Å². The molecule has 1 saturated heterocycles. The monoisotopic (exact) mass is 434 g/mol. The molecule has 1 saturated carbocycles. The summed E-state index contributed by atoms with van der Waals surface area (Å²) >= 11 is 0. The van der Waals surface area contributed by atoms with Gasteiger partial charge in [-0.25, -0.2) is 8.42 Å². The Kier molecular flexibility index (Phi) is 5.76. The van der Waals surface area contributed by atoms with Crippen molar-refractivity contribution in [2.75, 3.05) is 11.9 Å². The average molecular weight is 435 g/mol. The number of benzene rings is 1. The van der Waals surface area contributed by atoms with Gasteiger partial charge in [0.2, 0.25) is 21.8 Å². The van der Waals surface area contributed by atoms with Crippen molar-refractivity contribution in [1.29, 1.82) is 0 Å². The number of nitrogens with one attached hydrogen (secondary N) is 3. The molecule has 1 aromatic carbocycles. The van der Waals surface area contributed by atoms with Gasteiger partial charge in [-0.3, -0.25) is 9.59 Å². The maximum absolute atomic E-state index is 12.8. The first-order valence-corrected chi connectivity index (χ1v) is 12.3. The third-order valence-corrected chi connectivity index (χ3v) is 8.14. The van der Waals surface area contributed by atoms with Crippen molar-refractivity contribution in [3.05, 3.63) is 24.3 Å². The van der Waals surface area contributed by atoms with Crippen LogP contribution >= 0.6 is 0 Å². The van der Waals surface area contributed by atoms with Crippen LogP contribution in [0.5, 0.6) is 0 Å². The zero-order valence-corrected chi connectivity index (χ0v) is 18.1. The second-order valence-electron chi connectivity index (χ2n) is 8.67. The van der Waals surface area contributed by atoms with Crippen molar-refractivity contribution in [3.8, 4) is 0 Å². The SMILES string of the molecule is CC(C(=O)NC1CCCCC1)N1CCC2(CCC1=O)Nc1ccccc1S(=O)(=O)N2. The van der Waals surface area contributed by atoms with E-state index in [1.54, 1.807) is 36.1 Å². The Morgan fingerprint density at radius 2 is 1.93 bits per heavy atom. The number of fused-ring (bicyclic) bond motifs is 1. The third kappa shape index (κ3) is 4.18. The number of para-hydroxylation sites is 1. The summed E-state index contributed by atoms with van der Waals surface area (Å²) < 4.78 is 28.3. The van der Waals surface area contributed by atoms with Gasteiger partial charge in [-0.1, -0.05) is 31.4 Å². The molecule has 0 radical (unpaired) electrons. The zero-order valence-electron chi connectivity index (χ0n) is 17.3. The van der Waals surface area contributed by atoms with Gasteiger partial charge in [-0.15, -0.1) is 0 Å². The van der Waals surface area contributed by atoms with Crippen LogP contribution in [0.3, 0.4) is 0 Å². The number of amides is 2. The molecule has 2 atom stereocenters. The Hall–Kier alpha value is -2.13. The van der Waals surface area contributed by atoms with E-state index in [0.717, 1.165) is 25.7 Å². The molecule has 8 nitrogen and oxygen atoms in total. The maximum atomic E-state index is 12.8. The molecule has 30 heavy (non-hydrogen) atoms. The Bertz CT molecular complexity index is 929. The first-order valence-electron chi connectivity index (χ1n) is 10.8. The summed E-state index contributed by atoms with van der Waals surface area (Å²) in [6.45, 7) is 2.05. The highest BCUT2D eigenvalue weighted by Gasteiger charge is 2.44. The van der Waals surface area contributed by atoms with Gasteiger partial charge in [0.15, 0.2) is 0 Å². The lowest BCUT2D eigenvalue weighted by Gasteiger charge is -2.39. The molecule has 2 heterocycles. The van der Waals surface area contributed by atoms with Crippen LogP contribution in [0.4, 0.5) is 5.69 Å². The Morgan fingerprint density at radius 3 is 2.70 bits per heavy atom. The summed E-state index contributed by atoms with van der Waals surface area (Å²) in [5.41, 5.74) is -0.391. The van der Waals surface area contributed by atoms with Crippen LogP contribution in [-0.4, -0.2) is 49.4 Å². The topological polar surface area (TPSA) is 108 Å². The van der Waals surface area contributed by atoms with Crippen LogP contribution in [0.25, 0.3) is 0 Å². The van der Waals surface area contributed by atoms with E-state index in [-0.39, 0.29) is 29.2 Å². The molecule has 1 spiro atoms. The maximum Gasteiger partial charge on any atom is 0.244 e. The number of sulfonamides is 1. The van der Waals surface area contributed by atoms with Crippen molar-refractivity contribution in [2.24, 2.45) is 0 Å². The van der Waals surface area contributed by atoms with Crippen LogP contribution in [0.2, 0.25) is 0 Å². The minimum Gasteiger partial charge on any atom is -0.365 e. The molecule has 0 bridgehead atoms. The Balaban J connectivity index is 1.47. The minimum absolute atomic E-state index is 0.127. The molecule has 3 N–H and O–H groups in total. The summed E-state index contributed by atoms with van der Waals surface area (Å²) in [7, 11) is -3.68. The minimum atomic E-state index is -3.68. The van der Waals surface area contributed by atoms with Gasteiger partial charge in [-0.2, -0.15) is 4.72 Å². The summed E-state index contributed by atoms with van der Waals surface area (Å²) in [4.78, 5) is 27.4. The smallest absolute Gasteiger partial charge is 0.244 e. The van der Waals surface area contributed by atoms with E-state index in [0.29, 0.717) is 25.1 Å². The summed E-state index contributed by atoms with van der Waals surface area (Å²) in [6.07, 6.45) is 6.30. The van der Waals surface area contributed by atoms with Gasteiger partial charge in [0, 0.05) is 25.4 Å². The number of rotatable bonds is 3. The number of carbonyl (C=O) groups is 2. The Morgan fingerprint density at radius 1 is 1.20 bits per heavy atom. The van der Waals surface area contributed by atoms with Crippen molar-refractivity contribution in [2.45, 2.75) is 80.9 Å². The predicted molar refractivity (Wildman–Crippen MR) is 113 cm³/mol.